The molecule has 19 heavy (non-hydrogen) atoms. The van der Waals surface area contributed by atoms with E-state index in [2.05, 4.69) is 12.2 Å². The second-order valence-electron chi connectivity index (χ2n) is 6.85. The Morgan fingerprint density at radius 1 is 1.16 bits per heavy atom. The van der Waals surface area contributed by atoms with Gasteiger partial charge in [0.25, 0.3) is 0 Å². The highest BCUT2D eigenvalue weighted by Gasteiger charge is 2.31. The van der Waals surface area contributed by atoms with Crippen molar-refractivity contribution in [2.45, 2.75) is 89.1 Å². The van der Waals surface area contributed by atoms with Gasteiger partial charge in [-0.3, -0.25) is 4.79 Å². The normalized spacial score (nSPS) is 25.8. The molecule has 0 heterocycles. The minimum absolute atomic E-state index is 0.169. The van der Waals surface area contributed by atoms with Crippen LogP contribution in [0.15, 0.2) is 0 Å². The molecule has 3 nitrogen and oxygen atoms in total. The Labute approximate surface area is 117 Å². The molecule has 3 N–H and O–H groups in total. The van der Waals surface area contributed by atoms with Crippen molar-refractivity contribution in [3.8, 4) is 0 Å². The molecule has 2 rings (SSSR count). The highest BCUT2D eigenvalue weighted by molar-refractivity contribution is 5.77. The first-order valence-corrected chi connectivity index (χ1v) is 8.17. The third kappa shape index (κ3) is 4.48. The molecule has 0 saturated heterocycles. The minimum Gasteiger partial charge on any atom is -0.353 e. The molecule has 2 fully saturated rings. The summed E-state index contributed by atoms with van der Waals surface area (Å²) >= 11 is 0. The lowest BCUT2D eigenvalue weighted by Crippen LogP contribution is -2.48. The van der Waals surface area contributed by atoms with Gasteiger partial charge >= 0.3 is 0 Å². The van der Waals surface area contributed by atoms with Gasteiger partial charge in [-0.25, -0.2) is 0 Å². The van der Waals surface area contributed by atoms with Crippen molar-refractivity contribution in [3.05, 3.63) is 0 Å². The molecular formula is C16H30N2O. The average molecular weight is 266 g/mol. The van der Waals surface area contributed by atoms with E-state index in [1.54, 1.807) is 0 Å². The first-order valence-electron chi connectivity index (χ1n) is 8.17. The zero-order valence-electron chi connectivity index (χ0n) is 12.4. The number of nitrogens with two attached hydrogens (primary N) is 1. The van der Waals surface area contributed by atoms with E-state index >= 15 is 0 Å². The number of nitrogens with one attached hydrogen (secondary N) is 1. The molecule has 2 aliphatic carbocycles. The van der Waals surface area contributed by atoms with Crippen molar-refractivity contribution >= 4 is 5.91 Å². The zero-order valence-corrected chi connectivity index (χ0v) is 12.4. The van der Waals surface area contributed by atoms with E-state index in [1.807, 2.05) is 0 Å². The van der Waals surface area contributed by atoms with Crippen molar-refractivity contribution in [1.82, 2.24) is 5.32 Å². The SMILES string of the molecule is C[C@@H](NC(=O)CC1(N)CCCCC1)C1CCCCC1. The summed E-state index contributed by atoms with van der Waals surface area (Å²) in [5.41, 5.74) is 6.13. The lowest BCUT2D eigenvalue weighted by molar-refractivity contribution is -0.123. The Morgan fingerprint density at radius 3 is 2.37 bits per heavy atom. The number of hydrogen-bond acceptors (Lipinski definition) is 2. The molecule has 0 aliphatic heterocycles. The molecule has 1 atom stereocenters. The third-order valence-electron chi connectivity index (χ3n) is 5.11. The largest absolute Gasteiger partial charge is 0.353 e. The molecule has 2 saturated carbocycles. The third-order valence-corrected chi connectivity index (χ3v) is 5.11. The fourth-order valence-electron chi connectivity index (χ4n) is 3.81. The van der Waals surface area contributed by atoms with E-state index < -0.39 is 0 Å². The van der Waals surface area contributed by atoms with Gasteiger partial charge in [-0.15, -0.1) is 0 Å². The molecule has 3 heteroatoms. The van der Waals surface area contributed by atoms with Gasteiger partial charge in [-0.05, 0) is 38.5 Å². The van der Waals surface area contributed by atoms with E-state index in [1.165, 1.54) is 51.4 Å². The molecule has 1 amide bonds. The Hall–Kier alpha value is -0.570. The summed E-state index contributed by atoms with van der Waals surface area (Å²) in [6.07, 6.45) is 12.7. The average Bonchev–Trinajstić information content (AvgIpc) is 2.39. The molecule has 2 aliphatic rings. The van der Waals surface area contributed by atoms with Crippen LogP contribution >= 0.6 is 0 Å². The van der Waals surface area contributed by atoms with Gasteiger partial charge in [-0.2, -0.15) is 0 Å². The van der Waals surface area contributed by atoms with Gasteiger partial charge in [0.15, 0.2) is 0 Å². The lowest BCUT2D eigenvalue weighted by Gasteiger charge is -2.34. The molecule has 0 radical (unpaired) electrons. The summed E-state index contributed by atoms with van der Waals surface area (Å²) in [6, 6.07) is 0.319. The molecule has 0 aromatic carbocycles. The van der Waals surface area contributed by atoms with Gasteiger partial charge < -0.3 is 11.1 Å². The van der Waals surface area contributed by atoms with Crippen LogP contribution in [0, 0.1) is 5.92 Å². The van der Waals surface area contributed by atoms with Crippen molar-refractivity contribution < 1.29 is 4.79 Å². The molecular weight excluding hydrogens is 236 g/mol. The smallest absolute Gasteiger partial charge is 0.222 e. The topological polar surface area (TPSA) is 55.1 Å². The van der Waals surface area contributed by atoms with Crippen molar-refractivity contribution in [2.75, 3.05) is 0 Å². The fraction of sp³-hybridized carbons (Fsp3) is 0.938. The van der Waals surface area contributed by atoms with Gasteiger partial charge in [0.2, 0.25) is 5.91 Å². The van der Waals surface area contributed by atoms with Crippen LogP contribution in [0.3, 0.4) is 0 Å². The van der Waals surface area contributed by atoms with Gasteiger partial charge in [0, 0.05) is 18.0 Å². The summed E-state index contributed by atoms with van der Waals surface area (Å²) in [7, 11) is 0. The standard InChI is InChI=1S/C16H30N2O/c1-13(14-8-4-2-5-9-14)18-15(19)12-16(17)10-6-3-7-11-16/h13-14H,2-12,17H2,1H3,(H,18,19)/t13-/m1/s1. The molecule has 0 aromatic heterocycles. The monoisotopic (exact) mass is 266 g/mol. The maximum Gasteiger partial charge on any atom is 0.222 e. The maximum absolute atomic E-state index is 12.2. The number of carbonyl (C=O) groups is 1. The highest BCUT2D eigenvalue weighted by Crippen LogP contribution is 2.29. The maximum atomic E-state index is 12.2. The van der Waals surface area contributed by atoms with E-state index in [0.29, 0.717) is 18.4 Å². The Kier molecular flexibility index (Phi) is 5.26. The number of carbonyl (C=O) groups excluding carboxylic acids is 1. The molecule has 0 bridgehead atoms. The van der Waals surface area contributed by atoms with E-state index in [9.17, 15) is 4.79 Å². The van der Waals surface area contributed by atoms with Crippen LogP contribution in [0.25, 0.3) is 0 Å². The van der Waals surface area contributed by atoms with Crippen LogP contribution in [0.2, 0.25) is 0 Å². The second-order valence-corrected chi connectivity index (χ2v) is 6.85. The Bertz CT molecular complexity index is 291. The first-order chi connectivity index (χ1) is 9.09. The molecule has 0 aromatic rings. The van der Waals surface area contributed by atoms with Crippen LogP contribution in [-0.2, 0) is 4.79 Å². The van der Waals surface area contributed by atoms with Crippen LogP contribution in [0.4, 0.5) is 0 Å². The van der Waals surface area contributed by atoms with Gasteiger partial charge in [0.1, 0.15) is 0 Å². The summed E-state index contributed by atoms with van der Waals surface area (Å²) in [5.74, 6) is 0.847. The molecule has 0 unspecified atom stereocenters. The fourth-order valence-corrected chi connectivity index (χ4v) is 3.81. The second kappa shape index (κ2) is 6.74. The van der Waals surface area contributed by atoms with Crippen LogP contribution in [-0.4, -0.2) is 17.5 Å². The molecule has 0 spiro atoms. The predicted octanol–water partition coefficient (Wildman–Crippen LogP) is 3.12. The summed E-state index contributed by atoms with van der Waals surface area (Å²) in [6.45, 7) is 2.16. The summed E-state index contributed by atoms with van der Waals surface area (Å²) < 4.78 is 0. The Morgan fingerprint density at radius 2 is 1.74 bits per heavy atom. The number of rotatable bonds is 4. The number of hydrogen-bond donors (Lipinski definition) is 2. The van der Waals surface area contributed by atoms with Crippen molar-refractivity contribution in [3.63, 3.8) is 0 Å². The van der Waals surface area contributed by atoms with E-state index in [4.69, 9.17) is 5.73 Å². The van der Waals surface area contributed by atoms with Crippen molar-refractivity contribution in [2.24, 2.45) is 11.7 Å². The van der Waals surface area contributed by atoms with Gasteiger partial charge in [0.05, 0.1) is 0 Å². The van der Waals surface area contributed by atoms with E-state index in [0.717, 1.165) is 12.8 Å². The highest BCUT2D eigenvalue weighted by atomic mass is 16.1. The zero-order chi connectivity index (χ0) is 13.7. The Balaban J connectivity index is 1.76. The van der Waals surface area contributed by atoms with Crippen molar-refractivity contribution in [1.29, 1.82) is 0 Å². The summed E-state index contributed by atoms with van der Waals surface area (Å²) in [4.78, 5) is 12.2. The van der Waals surface area contributed by atoms with Crippen LogP contribution in [0.1, 0.15) is 77.6 Å². The van der Waals surface area contributed by atoms with Crippen LogP contribution in [0.5, 0.6) is 0 Å². The first kappa shape index (κ1) is 14.8. The van der Waals surface area contributed by atoms with Gasteiger partial charge in [-0.1, -0.05) is 38.5 Å². The number of amides is 1. The molecule has 110 valence electrons. The van der Waals surface area contributed by atoms with E-state index in [-0.39, 0.29) is 11.4 Å². The minimum atomic E-state index is -0.228. The lowest BCUT2D eigenvalue weighted by atomic mass is 9.79. The quantitative estimate of drug-likeness (QED) is 0.821. The summed E-state index contributed by atoms with van der Waals surface area (Å²) in [5, 5.41) is 3.20. The van der Waals surface area contributed by atoms with Crippen LogP contribution < -0.4 is 11.1 Å². The predicted molar refractivity (Wildman–Crippen MR) is 78.8 cm³/mol.